The van der Waals surface area contributed by atoms with Crippen LogP contribution in [0.2, 0.25) is 0 Å². The van der Waals surface area contributed by atoms with Gasteiger partial charge in [-0.25, -0.2) is 0 Å². The molecule has 1 N–H and O–H groups in total. The van der Waals surface area contributed by atoms with E-state index in [1.54, 1.807) is 55.5 Å². The van der Waals surface area contributed by atoms with Gasteiger partial charge in [0.25, 0.3) is 11.5 Å². The van der Waals surface area contributed by atoms with Gasteiger partial charge in [0.15, 0.2) is 5.57 Å². The molecule has 3 aromatic rings. The van der Waals surface area contributed by atoms with E-state index < -0.39 is 5.91 Å². The normalized spacial score (nSPS) is 12.2. The number of anilines is 1. The number of nitrogens with zero attached hydrogens (tertiary/aromatic N) is 2. The molecule has 3 rings (SSSR count). The standard InChI is InChI=1S/C21H17N3O3S/c1-2-27-14-18-20(26)24(16-11-7-4-8-12-16)21(28-18)17(13-22)19(25)23-15-9-5-3-6-10-15/h3-12,14H,2H2,1H3,(H,23,25)/b18-14-,21-17+. The number of carbonyl (C=O) groups is 1. The molecule has 0 bridgehead atoms. The van der Waals surface area contributed by atoms with Gasteiger partial charge < -0.3 is 10.1 Å². The summed E-state index contributed by atoms with van der Waals surface area (Å²) in [6.07, 6.45) is 1.36. The predicted octanol–water partition coefficient (Wildman–Crippen LogP) is 1.99. The van der Waals surface area contributed by atoms with E-state index in [9.17, 15) is 14.9 Å². The molecular weight excluding hydrogens is 374 g/mol. The lowest BCUT2D eigenvalue weighted by Gasteiger charge is -2.05. The second kappa shape index (κ2) is 8.84. The summed E-state index contributed by atoms with van der Waals surface area (Å²) in [5.74, 6) is -0.581. The van der Waals surface area contributed by atoms with Crippen molar-refractivity contribution in [2.45, 2.75) is 6.92 Å². The molecule has 2 aromatic carbocycles. The number of thiazole rings is 1. The number of benzene rings is 2. The highest BCUT2D eigenvalue weighted by Crippen LogP contribution is 2.08. The third-order valence-electron chi connectivity index (χ3n) is 3.78. The van der Waals surface area contributed by atoms with E-state index in [2.05, 4.69) is 5.32 Å². The molecule has 6 nitrogen and oxygen atoms in total. The third kappa shape index (κ3) is 4.03. The summed E-state index contributed by atoms with van der Waals surface area (Å²) >= 11 is 1.04. The number of hydrogen-bond acceptors (Lipinski definition) is 5. The average molecular weight is 391 g/mol. The molecular formula is C21H17N3O3S. The first-order valence-electron chi connectivity index (χ1n) is 8.55. The summed E-state index contributed by atoms with van der Waals surface area (Å²) in [7, 11) is 0. The summed E-state index contributed by atoms with van der Waals surface area (Å²) in [4.78, 5) is 25.6. The van der Waals surface area contributed by atoms with E-state index in [0.29, 0.717) is 22.5 Å². The van der Waals surface area contributed by atoms with E-state index >= 15 is 0 Å². The second-order valence-corrected chi connectivity index (χ2v) is 6.66. The largest absolute Gasteiger partial charge is 0.500 e. The van der Waals surface area contributed by atoms with E-state index in [4.69, 9.17) is 4.74 Å². The number of hydrogen-bond donors (Lipinski definition) is 1. The van der Waals surface area contributed by atoms with Crippen LogP contribution in [-0.2, 0) is 9.53 Å². The van der Waals surface area contributed by atoms with Crippen molar-refractivity contribution in [1.29, 1.82) is 5.26 Å². The third-order valence-corrected chi connectivity index (χ3v) is 4.85. The van der Waals surface area contributed by atoms with Crippen LogP contribution in [0.1, 0.15) is 6.92 Å². The van der Waals surface area contributed by atoms with Gasteiger partial charge in [0.05, 0.1) is 12.3 Å². The fraction of sp³-hybridized carbons (Fsp3) is 0.0952. The smallest absolute Gasteiger partial charge is 0.276 e. The molecule has 0 saturated carbocycles. The van der Waals surface area contributed by atoms with E-state index in [1.807, 2.05) is 18.2 Å². The fourth-order valence-corrected chi connectivity index (χ4v) is 3.54. The minimum absolute atomic E-state index is 0.147. The molecule has 1 aromatic heterocycles. The van der Waals surface area contributed by atoms with Crippen molar-refractivity contribution < 1.29 is 9.53 Å². The number of carbonyl (C=O) groups excluding carboxylic acids is 1. The zero-order valence-corrected chi connectivity index (χ0v) is 15.9. The topological polar surface area (TPSA) is 84.1 Å². The Labute approximate surface area is 165 Å². The molecule has 7 heteroatoms. The van der Waals surface area contributed by atoms with Gasteiger partial charge >= 0.3 is 0 Å². The molecule has 1 heterocycles. The summed E-state index contributed by atoms with van der Waals surface area (Å²) in [5.41, 5.74) is 0.632. The van der Waals surface area contributed by atoms with Crippen LogP contribution in [0, 0.1) is 11.3 Å². The van der Waals surface area contributed by atoms with Crippen LogP contribution in [0.5, 0.6) is 0 Å². The van der Waals surface area contributed by atoms with E-state index in [-0.39, 0.29) is 15.8 Å². The molecule has 0 fully saturated rings. The number of aromatic nitrogens is 1. The van der Waals surface area contributed by atoms with Gasteiger partial charge in [-0.2, -0.15) is 5.26 Å². The van der Waals surface area contributed by atoms with Gasteiger partial charge in [0, 0.05) is 5.69 Å². The summed E-state index contributed by atoms with van der Waals surface area (Å²) in [6, 6.07) is 19.7. The molecule has 0 spiro atoms. The lowest BCUT2D eigenvalue weighted by Crippen LogP contribution is -2.32. The molecule has 0 aliphatic heterocycles. The van der Waals surface area contributed by atoms with Crippen LogP contribution in [0.3, 0.4) is 0 Å². The summed E-state index contributed by atoms with van der Waals surface area (Å²) in [5, 5.41) is 12.4. The highest BCUT2D eigenvalue weighted by Gasteiger charge is 2.17. The van der Waals surface area contributed by atoms with Crippen LogP contribution < -0.4 is 20.1 Å². The molecule has 28 heavy (non-hydrogen) atoms. The molecule has 140 valence electrons. The van der Waals surface area contributed by atoms with Gasteiger partial charge in [-0.15, -0.1) is 11.3 Å². The first-order chi connectivity index (χ1) is 13.7. The minimum atomic E-state index is -0.581. The molecule has 0 aliphatic rings. The van der Waals surface area contributed by atoms with Crippen molar-refractivity contribution in [3.8, 4) is 11.8 Å². The van der Waals surface area contributed by atoms with Gasteiger partial charge in [0.2, 0.25) is 0 Å². The predicted molar refractivity (Wildman–Crippen MR) is 109 cm³/mol. The van der Waals surface area contributed by atoms with Crippen molar-refractivity contribution in [1.82, 2.24) is 4.57 Å². The van der Waals surface area contributed by atoms with Crippen LogP contribution in [-0.4, -0.2) is 17.1 Å². The number of amides is 1. The Kier molecular flexibility index (Phi) is 6.04. The van der Waals surface area contributed by atoms with Gasteiger partial charge in [-0.05, 0) is 31.2 Å². The van der Waals surface area contributed by atoms with Crippen molar-refractivity contribution in [2.75, 3.05) is 11.9 Å². The lowest BCUT2D eigenvalue weighted by atomic mass is 10.2. The Morgan fingerprint density at radius 2 is 1.82 bits per heavy atom. The number of rotatable bonds is 5. The molecule has 0 atom stereocenters. The number of para-hydroxylation sites is 2. The first-order valence-corrected chi connectivity index (χ1v) is 9.37. The van der Waals surface area contributed by atoms with E-state index in [1.165, 1.54) is 10.8 Å². The lowest BCUT2D eigenvalue weighted by molar-refractivity contribution is -0.111. The van der Waals surface area contributed by atoms with Crippen molar-refractivity contribution in [3.05, 3.63) is 80.2 Å². The van der Waals surface area contributed by atoms with Crippen LogP contribution in [0.25, 0.3) is 17.5 Å². The highest BCUT2D eigenvalue weighted by atomic mass is 32.1. The molecule has 0 saturated heterocycles. The Bertz CT molecular complexity index is 1190. The second-order valence-electron chi connectivity index (χ2n) is 5.63. The van der Waals surface area contributed by atoms with Gasteiger partial charge in [0.1, 0.15) is 21.5 Å². The molecule has 0 radical (unpaired) electrons. The quantitative estimate of drug-likeness (QED) is 0.721. The molecule has 1 amide bonds. The maximum absolute atomic E-state index is 12.9. The van der Waals surface area contributed by atoms with Gasteiger partial charge in [-0.1, -0.05) is 36.4 Å². The number of ether oxygens (including phenoxy) is 1. The Hall–Kier alpha value is -3.63. The number of nitrogens with one attached hydrogen (secondary N) is 1. The molecule has 0 unspecified atom stereocenters. The highest BCUT2D eigenvalue weighted by molar-refractivity contribution is 7.07. The number of nitriles is 1. The zero-order valence-electron chi connectivity index (χ0n) is 15.1. The first kappa shape index (κ1) is 19.1. The monoisotopic (exact) mass is 391 g/mol. The van der Waals surface area contributed by atoms with E-state index in [0.717, 1.165) is 11.3 Å². The Morgan fingerprint density at radius 1 is 1.18 bits per heavy atom. The summed E-state index contributed by atoms with van der Waals surface area (Å²) < 4.78 is 7.17. The van der Waals surface area contributed by atoms with Crippen molar-refractivity contribution in [2.24, 2.45) is 0 Å². The fourth-order valence-electron chi connectivity index (χ4n) is 2.51. The zero-order chi connectivity index (χ0) is 19.9. The maximum atomic E-state index is 12.9. The minimum Gasteiger partial charge on any atom is -0.500 e. The molecule has 0 aliphatic carbocycles. The Balaban J connectivity index is 2.24. The average Bonchev–Trinajstić information content (AvgIpc) is 3.04. The summed E-state index contributed by atoms with van der Waals surface area (Å²) in [6.45, 7) is 2.21. The SMILES string of the molecule is CCO/C=c1\s/c(=C(\C#N)C(=O)Nc2ccccc2)n(-c2ccccc2)c1=O. The van der Waals surface area contributed by atoms with Crippen molar-refractivity contribution >= 4 is 34.8 Å². The van der Waals surface area contributed by atoms with Gasteiger partial charge in [-0.3, -0.25) is 14.2 Å². The van der Waals surface area contributed by atoms with Crippen molar-refractivity contribution in [3.63, 3.8) is 0 Å². The van der Waals surface area contributed by atoms with Crippen LogP contribution in [0.4, 0.5) is 5.69 Å². The van der Waals surface area contributed by atoms with Crippen LogP contribution in [0.15, 0.2) is 65.5 Å². The maximum Gasteiger partial charge on any atom is 0.276 e. The van der Waals surface area contributed by atoms with Crippen LogP contribution >= 0.6 is 11.3 Å². The Morgan fingerprint density at radius 3 is 2.43 bits per heavy atom.